The van der Waals surface area contributed by atoms with E-state index in [1.54, 1.807) is 10.4 Å². The maximum absolute atomic E-state index is 12.8. The zero-order valence-corrected chi connectivity index (χ0v) is 13.5. The molecule has 0 bridgehead atoms. The van der Waals surface area contributed by atoms with Crippen LogP contribution in [0.2, 0.25) is 0 Å². The van der Waals surface area contributed by atoms with Gasteiger partial charge in [-0.1, -0.05) is 0 Å². The maximum atomic E-state index is 12.8. The molecule has 1 unspecified atom stereocenters. The minimum Gasteiger partial charge on any atom is -0.384 e. The highest BCUT2D eigenvalue weighted by molar-refractivity contribution is 7.89. The number of hydrogen-bond acceptors (Lipinski definition) is 4. The Morgan fingerprint density at radius 3 is 2.90 bits per heavy atom. The molecule has 1 saturated heterocycles. The molecule has 116 valence electrons. The van der Waals surface area contributed by atoms with Crippen molar-refractivity contribution in [3.05, 3.63) is 23.8 Å². The third-order valence-corrected chi connectivity index (χ3v) is 6.37. The number of fused-ring (bicyclic) bond motifs is 1. The lowest BCUT2D eigenvalue weighted by Gasteiger charge is -2.35. The highest BCUT2D eigenvalue weighted by Gasteiger charge is 2.31. The van der Waals surface area contributed by atoms with E-state index >= 15 is 0 Å². The molecule has 21 heavy (non-hydrogen) atoms. The quantitative estimate of drug-likeness (QED) is 0.916. The van der Waals surface area contributed by atoms with Crippen LogP contribution in [-0.4, -0.2) is 57.4 Å². The lowest BCUT2D eigenvalue weighted by Crippen LogP contribution is -2.47. The SMILES string of the molecule is CN(C)C1CCCN(S(=O)(=O)c2ccc3c(c2)CCN3)C1. The second-order valence-corrected chi connectivity index (χ2v) is 8.06. The van der Waals surface area contributed by atoms with E-state index in [9.17, 15) is 8.42 Å². The highest BCUT2D eigenvalue weighted by Crippen LogP contribution is 2.28. The van der Waals surface area contributed by atoms with E-state index in [-0.39, 0.29) is 0 Å². The van der Waals surface area contributed by atoms with Crippen LogP contribution in [0.1, 0.15) is 18.4 Å². The van der Waals surface area contributed by atoms with E-state index in [2.05, 4.69) is 10.2 Å². The number of piperidine rings is 1. The van der Waals surface area contributed by atoms with Gasteiger partial charge in [-0.05, 0) is 57.1 Å². The molecule has 0 aliphatic carbocycles. The van der Waals surface area contributed by atoms with Crippen molar-refractivity contribution in [2.75, 3.05) is 39.0 Å². The van der Waals surface area contributed by atoms with E-state index in [1.807, 2.05) is 26.2 Å². The van der Waals surface area contributed by atoms with Crippen molar-refractivity contribution in [3.63, 3.8) is 0 Å². The van der Waals surface area contributed by atoms with Gasteiger partial charge >= 0.3 is 0 Å². The molecule has 0 amide bonds. The van der Waals surface area contributed by atoms with Crippen molar-refractivity contribution >= 4 is 15.7 Å². The monoisotopic (exact) mass is 309 g/mol. The third-order valence-electron chi connectivity index (χ3n) is 4.51. The van der Waals surface area contributed by atoms with Gasteiger partial charge in [-0.15, -0.1) is 0 Å². The first-order valence-corrected chi connectivity index (χ1v) is 8.96. The van der Waals surface area contributed by atoms with Crippen LogP contribution in [0.25, 0.3) is 0 Å². The Kier molecular flexibility index (Phi) is 3.94. The van der Waals surface area contributed by atoms with E-state index < -0.39 is 10.0 Å². The number of nitrogens with zero attached hydrogens (tertiary/aromatic N) is 2. The van der Waals surface area contributed by atoms with Gasteiger partial charge in [-0.25, -0.2) is 8.42 Å². The Morgan fingerprint density at radius 2 is 2.14 bits per heavy atom. The number of sulfonamides is 1. The third kappa shape index (κ3) is 2.80. The number of nitrogens with one attached hydrogen (secondary N) is 1. The molecule has 1 N–H and O–H groups in total. The normalized spacial score (nSPS) is 23.1. The predicted molar refractivity (Wildman–Crippen MR) is 84.1 cm³/mol. The van der Waals surface area contributed by atoms with Crippen LogP contribution in [-0.2, 0) is 16.4 Å². The molecule has 1 aromatic rings. The van der Waals surface area contributed by atoms with E-state index in [0.717, 1.165) is 37.1 Å². The highest BCUT2D eigenvalue weighted by atomic mass is 32.2. The van der Waals surface area contributed by atoms with Gasteiger partial charge in [0.1, 0.15) is 0 Å². The van der Waals surface area contributed by atoms with E-state index in [1.165, 1.54) is 0 Å². The summed E-state index contributed by atoms with van der Waals surface area (Å²) in [6.07, 6.45) is 2.89. The number of anilines is 1. The molecule has 2 aliphatic heterocycles. The number of benzene rings is 1. The molecule has 1 aromatic carbocycles. The molecule has 2 aliphatic rings. The lowest BCUT2D eigenvalue weighted by atomic mass is 10.1. The molecule has 5 nitrogen and oxygen atoms in total. The fraction of sp³-hybridized carbons (Fsp3) is 0.600. The second kappa shape index (κ2) is 5.59. The molecule has 2 heterocycles. The number of rotatable bonds is 3. The fourth-order valence-electron chi connectivity index (χ4n) is 3.15. The van der Waals surface area contributed by atoms with Crippen LogP contribution >= 0.6 is 0 Å². The summed E-state index contributed by atoms with van der Waals surface area (Å²) in [7, 11) is 0.660. The molecule has 1 atom stereocenters. The van der Waals surface area contributed by atoms with Gasteiger partial charge in [-0.2, -0.15) is 4.31 Å². The second-order valence-electron chi connectivity index (χ2n) is 6.12. The Labute approximate surface area is 127 Å². The van der Waals surface area contributed by atoms with Gasteiger partial charge in [0.05, 0.1) is 4.90 Å². The maximum Gasteiger partial charge on any atom is 0.243 e. The number of hydrogen-bond donors (Lipinski definition) is 1. The minimum absolute atomic E-state index is 0.310. The van der Waals surface area contributed by atoms with Crippen molar-refractivity contribution in [1.29, 1.82) is 0 Å². The van der Waals surface area contributed by atoms with E-state index in [0.29, 0.717) is 24.0 Å². The molecule has 6 heteroatoms. The van der Waals surface area contributed by atoms with Crippen LogP contribution in [0.15, 0.2) is 23.1 Å². The summed E-state index contributed by atoms with van der Waals surface area (Å²) in [5.74, 6) is 0. The summed E-state index contributed by atoms with van der Waals surface area (Å²) in [6, 6.07) is 5.77. The van der Waals surface area contributed by atoms with Gasteiger partial charge < -0.3 is 10.2 Å². The zero-order chi connectivity index (χ0) is 15.0. The summed E-state index contributed by atoms with van der Waals surface area (Å²) in [6.45, 7) is 2.11. The summed E-state index contributed by atoms with van der Waals surface area (Å²) in [5, 5.41) is 3.27. The smallest absolute Gasteiger partial charge is 0.243 e. The molecule has 0 spiro atoms. The van der Waals surface area contributed by atoms with Gasteiger partial charge in [-0.3, -0.25) is 0 Å². The molecule has 0 radical (unpaired) electrons. The van der Waals surface area contributed by atoms with Gasteiger partial charge in [0.15, 0.2) is 0 Å². The molecule has 0 aromatic heterocycles. The first-order chi connectivity index (χ1) is 9.98. The lowest BCUT2D eigenvalue weighted by molar-refractivity contribution is 0.190. The van der Waals surface area contributed by atoms with Crippen LogP contribution < -0.4 is 5.32 Å². The molecule has 0 saturated carbocycles. The van der Waals surface area contributed by atoms with Crippen molar-refractivity contribution in [3.8, 4) is 0 Å². The van der Waals surface area contributed by atoms with Crippen LogP contribution in [0, 0.1) is 0 Å². The largest absolute Gasteiger partial charge is 0.384 e. The summed E-state index contributed by atoms with van der Waals surface area (Å²) in [5.41, 5.74) is 2.18. The first kappa shape index (κ1) is 14.8. The molecule has 3 rings (SSSR count). The van der Waals surface area contributed by atoms with Crippen LogP contribution in [0.3, 0.4) is 0 Å². The zero-order valence-electron chi connectivity index (χ0n) is 12.7. The van der Waals surface area contributed by atoms with E-state index in [4.69, 9.17) is 0 Å². The number of likely N-dealkylation sites (N-methyl/N-ethyl adjacent to an activating group) is 1. The van der Waals surface area contributed by atoms with Gasteiger partial charge in [0.2, 0.25) is 10.0 Å². The Bertz CT molecular complexity index is 628. The Hall–Kier alpha value is -1.11. The van der Waals surface area contributed by atoms with Crippen LogP contribution in [0.4, 0.5) is 5.69 Å². The summed E-state index contributed by atoms with van der Waals surface area (Å²) < 4.78 is 27.3. The topological polar surface area (TPSA) is 52.7 Å². The molecule has 1 fully saturated rings. The summed E-state index contributed by atoms with van der Waals surface area (Å²) >= 11 is 0. The standard InChI is InChI=1S/C15H23N3O2S/c1-17(2)13-4-3-9-18(11-13)21(19,20)14-5-6-15-12(10-14)7-8-16-15/h5-6,10,13,16H,3-4,7-9,11H2,1-2H3. The van der Waals surface area contributed by atoms with Crippen molar-refractivity contribution in [1.82, 2.24) is 9.21 Å². The van der Waals surface area contributed by atoms with Gasteiger partial charge in [0, 0.05) is 31.4 Å². The Balaban J connectivity index is 1.86. The average Bonchev–Trinajstić information content (AvgIpc) is 2.94. The molecular formula is C15H23N3O2S. The minimum atomic E-state index is -3.37. The summed E-state index contributed by atoms with van der Waals surface area (Å²) in [4.78, 5) is 2.55. The van der Waals surface area contributed by atoms with Crippen molar-refractivity contribution in [2.24, 2.45) is 0 Å². The van der Waals surface area contributed by atoms with Crippen molar-refractivity contribution < 1.29 is 8.42 Å². The van der Waals surface area contributed by atoms with Crippen molar-refractivity contribution in [2.45, 2.75) is 30.2 Å². The average molecular weight is 309 g/mol. The van der Waals surface area contributed by atoms with Crippen LogP contribution in [0.5, 0.6) is 0 Å². The molecular weight excluding hydrogens is 286 g/mol. The Morgan fingerprint density at radius 1 is 1.33 bits per heavy atom. The first-order valence-electron chi connectivity index (χ1n) is 7.52. The van der Waals surface area contributed by atoms with Gasteiger partial charge in [0.25, 0.3) is 0 Å². The fourth-order valence-corrected chi connectivity index (χ4v) is 4.72. The predicted octanol–water partition coefficient (Wildman–Crippen LogP) is 1.37.